The molecule has 2 aromatic carbocycles. The van der Waals surface area contributed by atoms with Gasteiger partial charge in [-0.25, -0.2) is 9.59 Å². The number of hydrogen-bond acceptors (Lipinski definition) is 6. The van der Waals surface area contributed by atoms with Crippen molar-refractivity contribution in [1.29, 1.82) is 0 Å². The molecule has 1 saturated heterocycles. The normalized spacial score (nSPS) is 20.4. The second-order valence-electron chi connectivity index (χ2n) is 7.00. The highest BCUT2D eigenvalue weighted by Gasteiger charge is 2.49. The van der Waals surface area contributed by atoms with Crippen molar-refractivity contribution in [2.45, 2.75) is 19.0 Å². The number of benzene rings is 2. The molecule has 0 unspecified atom stereocenters. The molecule has 0 spiro atoms. The lowest BCUT2D eigenvalue weighted by Gasteiger charge is -2.25. The predicted octanol–water partition coefficient (Wildman–Crippen LogP) is 2.21. The van der Waals surface area contributed by atoms with Gasteiger partial charge in [-0.1, -0.05) is 18.2 Å². The van der Waals surface area contributed by atoms with E-state index >= 15 is 0 Å². The zero-order valence-corrected chi connectivity index (χ0v) is 16.1. The standard InChI is InChI=1S/C21H20N2O6/c1-21(15-6-7-16-17(11-15)29-9-8-28-16)19(25)23(20(26)22-21)12-13-4-3-5-14(10-13)18(24)27-2/h3-7,10-11H,8-9,12H2,1-2H3,(H,22,26)/t21-/m0/s1. The van der Waals surface area contributed by atoms with Crippen molar-refractivity contribution in [3.8, 4) is 11.5 Å². The first-order chi connectivity index (χ1) is 13.9. The first-order valence-electron chi connectivity index (χ1n) is 9.14. The van der Waals surface area contributed by atoms with Gasteiger partial charge in [-0.3, -0.25) is 9.69 Å². The van der Waals surface area contributed by atoms with Gasteiger partial charge < -0.3 is 19.5 Å². The summed E-state index contributed by atoms with van der Waals surface area (Å²) in [5.41, 5.74) is 0.368. The van der Waals surface area contributed by atoms with E-state index in [1.54, 1.807) is 49.4 Å². The molecule has 29 heavy (non-hydrogen) atoms. The summed E-state index contributed by atoms with van der Waals surface area (Å²) in [6, 6.07) is 11.3. The number of ether oxygens (including phenoxy) is 3. The summed E-state index contributed by atoms with van der Waals surface area (Å²) in [5, 5.41) is 2.77. The molecule has 3 amide bonds. The van der Waals surface area contributed by atoms with Gasteiger partial charge in [0.1, 0.15) is 18.8 Å². The molecule has 1 atom stereocenters. The Bertz CT molecular complexity index is 1000. The first-order valence-corrected chi connectivity index (χ1v) is 9.14. The minimum atomic E-state index is -1.23. The number of methoxy groups -OCH3 is 1. The van der Waals surface area contributed by atoms with Crippen molar-refractivity contribution in [2.24, 2.45) is 0 Å². The van der Waals surface area contributed by atoms with Gasteiger partial charge in [0.2, 0.25) is 0 Å². The summed E-state index contributed by atoms with van der Waals surface area (Å²) in [7, 11) is 1.30. The van der Waals surface area contributed by atoms with Gasteiger partial charge in [-0.15, -0.1) is 0 Å². The van der Waals surface area contributed by atoms with Crippen LogP contribution in [0.1, 0.15) is 28.4 Å². The summed E-state index contributed by atoms with van der Waals surface area (Å²) < 4.78 is 15.8. The van der Waals surface area contributed by atoms with Gasteiger partial charge in [0.15, 0.2) is 11.5 Å². The smallest absolute Gasteiger partial charge is 0.337 e. The highest BCUT2D eigenvalue weighted by atomic mass is 16.6. The second kappa shape index (κ2) is 7.12. The minimum Gasteiger partial charge on any atom is -0.486 e. The third kappa shape index (κ3) is 3.26. The van der Waals surface area contributed by atoms with E-state index in [-0.39, 0.29) is 12.5 Å². The van der Waals surface area contributed by atoms with Crippen LogP contribution in [-0.2, 0) is 21.6 Å². The van der Waals surface area contributed by atoms with Crippen LogP contribution < -0.4 is 14.8 Å². The first kappa shape index (κ1) is 18.8. The van der Waals surface area contributed by atoms with Crippen molar-refractivity contribution in [1.82, 2.24) is 10.2 Å². The van der Waals surface area contributed by atoms with Crippen LogP contribution >= 0.6 is 0 Å². The lowest BCUT2D eigenvalue weighted by Crippen LogP contribution is -2.41. The molecule has 0 bridgehead atoms. The van der Waals surface area contributed by atoms with Crippen molar-refractivity contribution in [2.75, 3.05) is 20.3 Å². The van der Waals surface area contributed by atoms with E-state index in [2.05, 4.69) is 5.32 Å². The zero-order chi connectivity index (χ0) is 20.6. The Balaban J connectivity index is 1.60. The average molecular weight is 396 g/mol. The Hall–Kier alpha value is -3.55. The molecule has 1 fully saturated rings. The van der Waals surface area contributed by atoms with E-state index in [9.17, 15) is 14.4 Å². The number of nitrogens with one attached hydrogen (secondary N) is 1. The number of amides is 3. The average Bonchev–Trinajstić information content (AvgIpc) is 2.97. The fourth-order valence-electron chi connectivity index (χ4n) is 3.49. The summed E-state index contributed by atoms with van der Waals surface area (Å²) in [6.07, 6.45) is 0. The maximum absolute atomic E-state index is 13.2. The number of hydrogen-bond donors (Lipinski definition) is 1. The number of imide groups is 1. The summed E-state index contributed by atoms with van der Waals surface area (Å²) in [5.74, 6) is 0.283. The Morgan fingerprint density at radius 2 is 1.90 bits per heavy atom. The molecule has 150 valence electrons. The van der Waals surface area contributed by atoms with Gasteiger partial charge in [-0.2, -0.15) is 0 Å². The maximum atomic E-state index is 13.2. The van der Waals surface area contributed by atoms with Crippen LogP contribution in [0.3, 0.4) is 0 Å². The predicted molar refractivity (Wildman–Crippen MR) is 102 cm³/mol. The largest absolute Gasteiger partial charge is 0.486 e. The Labute approximate surface area is 167 Å². The molecule has 0 radical (unpaired) electrons. The Morgan fingerprint density at radius 3 is 2.66 bits per heavy atom. The topological polar surface area (TPSA) is 94.2 Å². The second-order valence-corrected chi connectivity index (χ2v) is 7.00. The highest BCUT2D eigenvalue weighted by molar-refractivity contribution is 6.07. The molecular weight excluding hydrogens is 376 g/mol. The van der Waals surface area contributed by atoms with Crippen LogP contribution in [0.4, 0.5) is 4.79 Å². The quantitative estimate of drug-likeness (QED) is 0.629. The summed E-state index contributed by atoms with van der Waals surface area (Å²) in [4.78, 5) is 38.6. The van der Waals surface area contributed by atoms with Crippen LogP contribution in [0.5, 0.6) is 11.5 Å². The lowest BCUT2D eigenvalue weighted by molar-refractivity contribution is -0.131. The van der Waals surface area contributed by atoms with E-state index < -0.39 is 17.5 Å². The molecule has 0 saturated carbocycles. The monoisotopic (exact) mass is 396 g/mol. The van der Waals surface area contributed by atoms with Crippen molar-refractivity contribution in [3.05, 3.63) is 59.2 Å². The molecule has 2 aromatic rings. The van der Waals surface area contributed by atoms with Crippen LogP contribution in [0, 0.1) is 0 Å². The minimum absolute atomic E-state index is 0.0373. The molecule has 1 N–H and O–H groups in total. The molecule has 8 nitrogen and oxygen atoms in total. The van der Waals surface area contributed by atoms with Crippen LogP contribution in [-0.4, -0.2) is 43.1 Å². The van der Waals surface area contributed by atoms with Gasteiger partial charge in [0.25, 0.3) is 5.91 Å². The van der Waals surface area contributed by atoms with E-state index in [4.69, 9.17) is 14.2 Å². The molecule has 2 aliphatic heterocycles. The molecule has 4 rings (SSSR count). The fourth-order valence-corrected chi connectivity index (χ4v) is 3.49. The zero-order valence-electron chi connectivity index (χ0n) is 16.1. The summed E-state index contributed by atoms with van der Waals surface area (Å²) in [6.45, 7) is 2.59. The molecular formula is C21H20N2O6. The van der Waals surface area contributed by atoms with Crippen molar-refractivity contribution in [3.63, 3.8) is 0 Å². The number of carbonyl (C=O) groups excluding carboxylic acids is 3. The van der Waals surface area contributed by atoms with Crippen LogP contribution in [0.15, 0.2) is 42.5 Å². The van der Waals surface area contributed by atoms with Crippen LogP contribution in [0.25, 0.3) is 0 Å². The SMILES string of the molecule is COC(=O)c1cccc(CN2C(=O)N[C@@](C)(c3ccc4c(c3)OCCO4)C2=O)c1. The highest BCUT2D eigenvalue weighted by Crippen LogP contribution is 2.37. The van der Waals surface area contributed by atoms with E-state index in [1.165, 1.54) is 7.11 Å². The number of fused-ring (bicyclic) bond motifs is 1. The fraction of sp³-hybridized carbons (Fsp3) is 0.286. The number of esters is 1. The van der Waals surface area contributed by atoms with Gasteiger partial charge in [0, 0.05) is 0 Å². The number of urea groups is 1. The number of nitrogens with zero attached hydrogens (tertiary/aromatic N) is 1. The lowest BCUT2D eigenvalue weighted by atomic mass is 9.91. The van der Waals surface area contributed by atoms with Gasteiger partial charge in [-0.05, 0) is 42.3 Å². The molecule has 2 aliphatic rings. The Morgan fingerprint density at radius 1 is 1.14 bits per heavy atom. The van der Waals surface area contributed by atoms with Crippen molar-refractivity contribution < 1.29 is 28.6 Å². The third-order valence-electron chi connectivity index (χ3n) is 5.08. The third-order valence-corrected chi connectivity index (χ3v) is 5.08. The number of carbonyl (C=O) groups is 3. The summed E-state index contributed by atoms with van der Waals surface area (Å²) >= 11 is 0. The van der Waals surface area contributed by atoms with E-state index in [0.717, 1.165) is 4.90 Å². The molecule has 2 heterocycles. The molecule has 0 aromatic heterocycles. The van der Waals surface area contributed by atoms with E-state index in [0.29, 0.717) is 41.4 Å². The van der Waals surface area contributed by atoms with Crippen LogP contribution in [0.2, 0.25) is 0 Å². The van der Waals surface area contributed by atoms with Gasteiger partial charge in [0.05, 0.1) is 19.2 Å². The molecule has 0 aliphatic carbocycles. The van der Waals surface area contributed by atoms with Gasteiger partial charge >= 0.3 is 12.0 Å². The van der Waals surface area contributed by atoms with Crippen molar-refractivity contribution >= 4 is 17.9 Å². The number of rotatable bonds is 4. The Kier molecular flexibility index (Phi) is 4.62. The van der Waals surface area contributed by atoms with E-state index in [1.807, 2.05) is 0 Å². The molecule has 8 heteroatoms. The maximum Gasteiger partial charge on any atom is 0.337 e.